The van der Waals surface area contributed by atoms with Crippen molar-refractivity contribution in [3.63, 3.8) is 0 Å². The first kappa shape index (κ1) is 15.8. The summed E-state index contributed by atoms with van der Waals surface area (Å²) in [6, 6.07) is 0. The molecule has 2 atom stereocenters. The van der Waals surface area contributed by atoms with Gasteiger partial charge in [0, 0.05) is 6.54 Å². The van der Waals surface area contributed by atoms with Gasteiger partial charge in [0.15, 0.2) is 11.1 Å². The van der Waals surface area contributed by atoms with Crippen molar-refractivity contribution in [1.29, 1.82) is 0 Å². The maximum atomic E-state index is 11.8. The van der Waals surface area contributed by atoms with E-state index < -0.39 is 11.1 Å². The van der Waals surface area contributed by atoms with Crippen LogP contribution in [0.15, 0.2) is 12.2 Å². The van der Waals surface area contributed by atoms with Gasteiger partial charge in [-0.3, -0.25) is 4.79 Å². The van der Waals surface area contributed by atoms with E-state index in [9.17, 15) is 4.79 Å². The van der Waals surface area contributed by atoms with Crippen molar-refractivity contribution in [3.8, 4) is 0 Å². The summed E-state index contributed by atoms with van der Waals surface area (Å²) in [6.45, 7) is 5.30. The van der Waals surface area contributed by atoms with E-state index in [0.29, 0.717) is 19.7 Å². The molecule has 1 heterocycles. The first-order valence-corrected chi connectivity index (χ1v) is 6.87. The summed E-state index contributed by atoms with van der Waals surface area (Å²) in [5, 5.41) is 0. The average Bonchev–Trinajstić information content (AvgIpc) is 2.33. The van der Waals surface area contributed by atoms with Crippen molar-refractivity contribution >= 4 is 29.1 Å². The summed E-state index contributed by atoms with van der Waals surface area (Å²) in [5.41, 5.74) is 0. The van der Waals surface area contributed by atoms with Crippen LogP contribution in [0.3, 0.4) is 0 Å². The lowest BCUT2D eigenvalue weighted by Crippen LogP contribution is -2.44. The number of halogens is 2. The molecule has 0 N–H and O–H groups in total. The Hall–Kier alpha value is -0.290. The van der Waals surface area contributed by atoms with Gasteiger partial charge in [0.25, 0.3) is 5.91 Å². The van der Waals surface area contributed by atoms with Crippen LogP contribution in [-0.4, -0.2) is 47.7 Å². The van der Waals surface area contributed by atoms with Crippen molar-refractivity contribution in [2.75, 3.05) is 19.7 Å². The number of hydrogen-bond donors (Lipinski definition) is 0. The largest absolute Gasteiger partial charge is 0.351 e. The Kier molecular flexibility index (Phi) is 7.00. The molecule has 0 radical (unpaired) electrons. The van der Waals surface area contributed by atoms with Crippen molar-refractivity contribution in [2.45, 2.75) is 37.5 Å². The van der Waals surface area contributed by atoms with E-state index in [0.717, 1.165) is 6.42 Å². The standard InChI is InChI=1S/C12H19Cl2NO3/c1-3-4-6-15(12(16)11(13)14)8-10-17-7-5-9(2)18-10/h3-4,9-11H,5-8H2,1-2H3/b4-3+. The molecule has 1 saturated heterocycles. The maximum absolute atomic E-state index is 11.8. The Morgan fingerprint density at radius 2 is 2.28 bits per heavy atom. The molecule has 0 aromatic carbocycles. The van der Waals surface area contributed by atoms with Gasteiger partial charge in [0.1, 0.15) is 0 Å². The second kappa shape index (κ2) is 8.00. The number of rotatable bonds is 5. The summed E-state index contributed by atoms with van der Waals surface area (Å²) in [5.74, 6) is -0.332. The van der Waals surface area contributed by atoms with E-state index >= 15 is 0 Å². The van der Waals surface area contributed by atoms with Gasteiger partial charge in [0.05, 0.1) is 19.3 Å². The maximum Gasteiger partial charge on any atom is 0.256 e. The topological polar surface area (TPSA) is 38.8 Å². The van der Waals surface area contributed by atoms with E-state index in [2.05, 4.69) is 0 Å². The normalized spacial score (nSPS) is 24.7. The average molecular weight is 296 g/mol. The smallest absolute Gasteiger partial charge is 0.256 e. The Morgan fingerprint density at radius 3 is 2.83 bits per heavy atom. The van der Waals surface area contributed by atoms with Crippen LogP contribution in [-0.2, 0) is 14.3 Å². The fourth-order valence-electron chi connectivity index (χ4n) is 1.63. The van der Waals surface area contributed by atoms with Crippen LogP contribution >= 0.6 is 23.2 Å². The number of alkyl halides is 2. The first-order chi connectivity index (χ1) is 8.54. The highest BCUT2D eigenvalue weighted by atomic mass is 35.5. The summed E-state index contributed by atoms with van der Waals surface area (Å²) in [7, 11) is 0. The number of allylic oxidation sites excluding steroid dienone is 1. The molecule has 18 heavy (non-hydrogen) atoms. The summed E-state index contributed by atoms with van der Waals surface area (Å²) >= 11 is 11.2. The van der Waals surface area contributed by atoms with Gasteiger partial charge in [-0.1, -0.05) is 35.4 Å². The van der Waals surface area contributed by atoms with Gasteiger partial charge >= 0.3 is 0 Å². The molecule has 1 fully saturated rings. The van der Waals surface area contributed by atoms with Crippen LogP contribution in [0.25, 0.3) is 0 Å². The fourth-order valence-corrected chi connectivity index (χ4v) is 1.91. The minimum Gasteiger partial charge on any atom is -0.351 e. The molecule has 1 rings (SSSR count). The van der Waals surface area contributed by atoms with Gasteiger partial charge in [-0.25, -0.2) is 0 Å². The number of hydrogen-bond acceptors (Lipinski definition) is 3. The van der Waals surface area contributed by atoms with E-state index in [4.69, 9.17) is 32.7 Å². The van der Waals surface area contributed by atoms with Crippen LogP contribution in [0.4, 0.5) is 0 Å². The van der Waals surface area contributed by atoms with E-state index in [1.165, 1.54) is 4.90 Å². The Morgan fingerprint density at radius 1 is 1.56 bits per heavy atom. The molecular weight excluding hydrogens is 277 g/mol. The summed E-state index contributed by atoms with van der Waals surface area (Å²) < 4.78 is 11.1. The monoisotopic (exact) mass is 295 g/mol. The lowest BCUT2D eigenvalue weighted by atomic mass is 10.3. The third kappa shape index (κ3) is 5.14. The number of carbonyl (C=O) groups excluding carboxylic acids is 1. The Balaban J connectivity index is 2.56. The highest BCUT2D eigenvalue weighted by Crippen LogP contribution is 2.15. The lowest BCUT2D eigenvalue weighted by Gasteiger charge is -2.32. The number of carbonyl (C=O) groups is 1. The zero-order chi connectivity index (χ0) is 13.5. The molecule has 1 aliphatic rings. The molecule has 0 spiro atoms. The third-order valence-electron chi connectivity index (χ3n) is 2.64. The molecule has 104 valence electrons. The summed E-state index contributed by atoms with van der Waals surface area (Å²) in [4.78, 5) is 12.3. The van der Waals surface area contributed by atoms with Crippen LogP contribution in [0.2, 0.25) is 0 Å². The first-order valence-electron chi connectivity index (χ1n) is 5.99. The van der Waals surface area contributed by atoms with Gasteiger partial charge < -0.3 is 14.4 Å². The summed E-state index contributed by atoms with van der Waals surface area (Å²) in [6.07, 6.45) is 4.33. The third-order valence-corrected chi connectivity index (χ3v) is 3.01. The molecule has 0 bridgehead atoms. The number of ether oxygens (including phenoxy) is 2. The number of amides is 1. The van der Waals surface area contributed by atoms with Crippen molar-refractivity contribution in [2.24, 2.45) is 0 Å². The number of nitrogens with zero attached hydrogens (tertiary/aromatic N) is 1. The Bertz CT molecular complexity index is 297. The van der Waals surface area contributed by atoms with Gasteiger partial charge in [-0.2, -0.15) is 0 Å². The lowest BCUT2D eigenvalue weighted by molar-refractivity contribution is -0.213. The zero-order valence-corrected chi connectivity index (χ0v) is 12.2. The van der Waals surface area contributed by atoms with Gasteiger partial charge in [-0.05, 0) is 20.3 Å². The molecular formula is C12H19Cl2NO3. The van der Waals surface area contributed by atoms with Crippen molar-refractivity contribution in [3.05, 3.63) is 12.2 Å². The zero-order valence-electron chi connectivity index (χ0n) is 10.6. The van der Waals surface area contributed by atoms with Crippen LogP contribution in [0, 0.1) is 0 Å². The quantitative estimate of drug-likeness (QED) is 0.577. The van der Waals surface area contributed by atoms with Crippen LogP contribution < -0.4 is 0 Å². The minimum atomic E-state index is -1.06. The molecule has 2 unspecified atom stereocenters. The molecule has 0 aliphatic carbocycles. The van der Waals surface area contributed by atoms with Crippen molar-refractivity contribution in [1.82, 2.24) is 4.90 Å². The van der Waals surface area contributed by atoms with E-state index in [-0.39, 0.29) is 12.0 Å². The predicted molar refractivity (Wildman–Crippen MR) is 71.8 cm³/mol. The van der Waals surface area contributed by atoms with Gasteiger partial charge in [0.2, 0.25) is 0 Å². The highest BCUT2D eigenvalue weighted by Gasteiger charge is 2.26. The van der Waals surface area contributed by atoms with Crippen LogP contribution in [0.1, 0.15) is 20.3 Å². The second-order valence-corrected chi connectivity index (χ2v) is 5.24. The molecule has 0 saturated carbocycles. The molecule has 1 aliphatic heterocycles. The minimum absolute atomic E-state index is 0.144. The SMILES string of the molecule is C/C=C/CN(CC1OCCC(C)O1)C(=O)C(Cl)Cl. The molecule has 4 nitrogen and oxygen atoms in total. The molecule has 1 amide bonds. The van der Waals surface area contributed by atoms with Crippen molar-refractivity contribution < 1.29 is 14.3 Å². The highest BCUT2D eigenvalue weighted by molar-refractivity contribution is 6.53. The van der Waals surface area contributed by atoms with Gasteiger partial charge in [-0.15, -0.1) is 0 Å². The molecule has 0 aromatic heterocycles. The predicted octanol–water partition coefficient (Wildman–Crippen LogP) is 2.35. The van der Waals surface area contributed by atoms with E-state index in [1.807, 2.05) is 26.0 Å². The second-order valence-electron chi connectivity index (χ2n) is 4.15. The Labute approximate surface area is 118 Å². The van der Waals surface area contributed by atoms with E-state index in [1.54, 1.807) is 0 Å². The fraction of sp³-hybridized carbons (Fsp3) is 0.750. The molecule has 6 heteroatoms. The molecule has 0 aromatic rings. The van der Waals surface area contributed by atoms with Crippen LogP contribution in [0.5, 0.6) is 0 Å².